The minimum Gasteiger partial charge on any atom is -0.480 e. The first-order valence-electron chi connectivity index (χ1n) is 14.4. The summed E-state index contributed by atoms with van der Waals surface area (Å²) in [5.41, 5.74) is 0.669. The Balaban J connectivity index is 1.33. The van der Waals surface area contributed by atoms with Crippen molar-refractivity contribution in [1.29, 1.82) is 0 Å². The fraction of sp³-hybridized carbons (Fsp3) is 0.448. The zero-order valence-electron chi connectivity index (χ0n) is 24.5. The molecule has 3 N–H and O–H groups in total. The molecule has 0 radical (unpaired) electrons. The first kappa shape index (κ1) is 31.3. The number of carboxylic acids is 1. The van der Waals surface area contributed by atoms with Crippen molar-refractivity contribution in [3.05, 3.63) is 53.6 Å². The van der Waals surface area contributed by atoms with Gasteiger partial charge in [0.15, 0.2) is 5.82 Å². The number of nitrogens with zero attached hydrogens (tertiary/aromatic N) is 6. The maximum atomic E-state index is 14.8. The van der Waals surface area contributed by atoms with Crippen LogP contribution in [0.2, 0.25) is 0 Å². The lowest BCUT2D eigenvalue weighted by atomic mass is 9.93. The number of carboxylic acid groups (broad SMARTS) is 1. The van der Waals surface area contributed by atoms with E-state index in [1.54, 1.807) is 33.3 Å². The van der Waals surface area contributed by atoms with Crippen LogP contribution in [0.4, 0.5) is 14.5 Å². The average molecular weight is 629 g/mol. The number of thiazole rings is 1. The van der Waals surface area contributed by atoms with Crippen LogP contribution in [0.25, 0.3) is 22.0 Å². The number of amides is 1. The number of pyridine rings is 1. The van der Waals surface area contributed by atoms with Crippen LogP contribution in [0, 0.1) is 17.7 Å². The van der Waals surface area contributed by atoms with Gasteiger partial charge in [-0.1, -0.05) is 13.8 Å². The zero-order chi connectivity index (χ0) is 31.4. The van der Waals surface area contributed by atoms with Crippen molar-refractivity contribution in [1.82, 2.24) is 34.8 Å². The molecule has 15 heteroatoms. The van der Waals surface area contributed by atoms with Crippen molar-refractivity contribution in [3.8, 4) is 22.0 Å². The predicted octanol–water partition coefficient (Wildman–Crippen LogP) is 4.97. The lowest BCUT2D eigenvalue weighted by Gasteiger charge is -2.28. The lowest BCUT2D eigenvalue weighted by molar-refractivity contribution is -0.140. The van der Waals surface area contributed by atoms with Gasteiger partial charge in [0.1, 0.15) is 28.1 Å². The van der Waals surface area contributed by atoms with E-state index in [1.165, 1.54) is 11.3 Å². The highest BCUT2D eigenvalue weighted by Crippen LogP contribution is 2.34. The quantitative estimate of drug-likeness (QED) is 0.185. The van der Waals surface area contributed by atoms with E-state index in [-0.39, 0.29) is 47.5 Å². The summed E-state index contributed by atoms with van der Waals surface area (Å²) >= 11 is 1.23. The van der Waals surface area contributed by atoms with Crippen molar-refractivity contribution in [2.24, 2.45) is 5.92 Å². The van der Waals surface area contributed by atoms with Crippen LogP contribution in [0.1, 0.15) is 63.0 Å². The van der Waals surface area contributed by atoms with Crippen molar-refractivity contribution >= 4 is 28.9 Å². The molecule has 4 aromatic heterocycles. The molecule has 44 heavy (non-hydrogen) atoms. The van der Waals surface area contributed by atoms with E-state index in [4.69, 9.17) is 4.74 Å². The Hall–Kier alpha value is -4.08. The van der Waals surface area contributed by atoms with Crippen molar-refractivity contribution in [3.63, 3.8) is 0 Å². The van der Waals surface area contributed by atoms with Crippen molar-refractivity contribution in [2.75, 3.05) is 11.9 Å². The highest BCUT2D eigenvalue weighted by atomic mass is 32.1. The van der Waals surface area contributed by atoms with Gasteiger partial charge in [0.2, 0.25) is 5.95 Å². The number of halogens is 2. The molecule has 1 aliphatic carbocycles. The average Bonchev–Trinajstić information content (AvgIpc) is 3.75. The molecule has 12 nitrogen and oxygen atoms in total. The Morgan fingerprint density at radius 1 is 1.14 bits per heavy atom. The molecule has 0 spiro atoms. The van der Waals surface area contributed by atoms with Gasteiger partial charge < -0.3 is 15.2 Å². The minimum atomic E-state index is -0.943. The minimum absolute atomic E-state index is 0.00375. The SMILES string of the molecule is CCOC1CCC(n2cc(NC(=O)c3csc(-c4cnn(CN[C@H](C(=O)O)C(C)C)c4)n3)c(-c3nc(F)ccc3F)n2)CC1. The topological polar surface area (TPSA) is 149 Å². The maximum absolute atomic E-state index is 14.8. The lowest BCUT2D eigenvalue weighted by Crippen LogP contribution is -2.41. The summed E-state index contributed by atoms with van der Waals surface area (Å²) in [7, 11) is 0. The Bertz CT molecular complexity index is 1610. The number of nitrogens with one attached hydrogen (secondary N) is 2. The summed E-state index contributed by atoms with van der Waals surface area (Å²) in [6.45, 7) is 6.42. The molecule has 4 aromatic rings. The smallest absolute Gasteiger partial charge is 0.321 e. The predicted molar refractivity (Wildman–Crippen MR) is 159 cm³/mol. The Morgan fingerprint density at radius 2 is 1.91 bits per heavy atom. The van der Waals surface area contributed by atoms with Gasteiger partial charge in [-0.05, 0) is 50.7 Å². The second-order valence-electron chi connectivity index (χ2n) is 10.9. The van der Waals surface area contributed by atoms with Crippen molar-refractivity contribution < 1.29 is 28.2 Å². The summed E-state index contributed by atoms with van der Waals surface area (Å²) < 4.78 is 37.8. The summed E-state index contributed by atoms with van der Waals surface area (Å²) in [5.74, 6) is -3.24. The van der Waals surface area contributed by atoms with Crippen molar-refractivity contribution in [2.45, 2.75) is 71.3 Å². The molecule has 1 atom stereocenters. The Labute approximate surface area is 256 Å². The highest BCUT2D eigenvalue weighted by molar-refractivity contribution is 7.13. The summed E-state index contributed by atoms with van der Waals surface area (Å²) in [6.07, 6.45) is 8.33. The first-order valence-corrected chi connectivity index (χ1v) is 15.3. The fourth-order valence-corrected chi connectivity index (χ4v) is 5.97. The monoisotopic (exact) mass is 628 g/mol. The molecule has 4 heterocycles. The third-order valence-corrected chi connectivity index (χ3v) is 8.35. The number of ether oxygens (including phenoxy) is 1. The molecule has 0 saturated heterocycles. The van der Waals surface area contributed by atoms with E-state index < -0.39 is 29.7 Å². The standard InChI is InChI=1S/C29H34F2N8O4S/c1-4-43-19-7-5-18(6-8-19)39-13-21(26(37-39)25-20(30)9-10-23(31)36-25)34-27(40)22-14-44-28(35-22)17-11-33-38(12-17)15-32-24(16(2)3)29(41)42/h9-14,16,18-19,24,32H,4-8,15H2,1-3H3,(H,34,40)(H,41,42)/t18?,19?,24-/m0/s1. The van der Waals surface area contributed by atoms with Gasteiger partial charge in [-0.3, -0.25) is 24.3 Å². The molecule has 0 bridgehead atoms. The molecule has 1 fully saturated rings. The van der Waals surface area contributed by atoms with Crippen LogP contribution in [0.3, 0.4) is 0 Å². The van der Waals surface area contributed by atoms with Crippen LogP contribution in [-0.4, -0.2) is 65.3 Å². The number of hydrogen-bond donors (Lipinski definition) is 3. The van der Waals surface area contributed by atoms with Gasteiger partial charge in [0, 0.05) is 29.9 Å². The molecule has 1 amide bonds. The summed E-state index contributed by atoms with van der Waals surface area (Å²) in [5, 5.41) is 26.0. The maximum Gasteiger partial charge on any atom is 0.321 e. The molecule has 1 aliphatic rings. The Kier molecular flexibility index (Phi) is 9.76. The molecule has 0 aliphatic heterocycles. The first-order chi connectivity index (χ1) is 21.1. The number of carbonyl (C=O) groups excluding carboxylic acids is 1. The Morgan fingerprint density at radius 3 is 2.61 bits per heavy atom. The van der Waals surface area contributed by atoms with E-state index in [9.17, 15) is 23.5 Å². The number of carbonyl (C=O) groups is 2. The second-order valence-corrected chi connectivity index (χ2v) is 11.8. The fourth-order valence-electron chi connectivity index (χ4n) is 5.20. The highest BCUT2D eigenvalue weighted by Gasteiger charge is 2.27. The van der Waals surface area contributed by atoms with E-state index >= 15 is 0 Å². The molecule has 234 valence electrons. The largest absolute Gasteiger partial charge is 0.480 e. The van der Waals surface area contributed by atoms with Gasteiger partial charge in [-0.25, -0.2) is 14.4 Å². The number of hydrogen-bond acceptors (Lipinski definition) is 9. The van der Waals surface area contributed by atoms with Crippen LogP contribution in [-0.2, 0) is 16.2 Å². The number of rotatable bonds is 12. The van der Waals surface area contributed by atoms with Gasteiger partial charge in [0.05, 0.1) is 30.7 Å². The van der Waals surface area contributed by atoms with Crippen LogP contribution >= 0.6 is 11.3 Å². The van der Waals surface area contributed by atoms with Gasteiger partial charge in [-0.15, -0.1) is 11.3 Å². The van der Waals surface area contributed by atoms with Gasteiger partial charge >= 0.3 is 5.97 Å². The number of anilines is 1. The zero-order valence-corrected chi connectivity index (χ0v) is 25.4. The molecule has 0 aromatic carbocycles. The number of aromatic nitrogens is 6. The normalized spacial score (nSPS) is 17.6. The van der Waals surface area contributed by atoms with Gasteiger partial charge in [-0.2, -0.15) is 14.6 Å². The number of aliphatic carboxylic acids is 1. The van der Waals surface area contributed by atoms with E-state index in [2.05, 4.69) is 30.8 Å². The van der Waals surface area contributed by atoms with Crippen LogP contribution in [0.5, 0.6) is 0 Å². The van der Waals surface area contributed by atoms with E-state index in [0.29, 0.717) is 17.2 Å². The molecule has 0 unspecified atom stereocenters. The van der Waals surface area contributed by atoms with Gasteiger partial charge in [0.25, 0.3) is 5.91 Å². The van der Waals surface area contributed by atoms with E-state index in [0.717, 1.165) is 37.8 Å². The summed E-state index contributed by atoms with van der Waals surface area (Å²) in [4.78, 5) is 32.9. The second kappa shape index (κ2) is 13.7. The summed E-state index contributed by atoms with van der Waals surface area (Å²) in [6, 6.07) is 1.17. The van der Waals surface area contributed by atoms with E-state index in [1.807, 2.05) is 20.8 Å². The third-order valence-electron chi connectivity index (χ3n) is 7.46. The third kappa shape index (κ3) is 7.17. The molecule has 1 saturated carbocycles. The van der Waals surface area contributed by atoms with Crippen LogP contribution < -0.4 is 10.6 Å². The van der Waals surface area contributed by atoms with Crippen LogP contribution in [0.15, 0.2) is 36.1 Å². The molecule has 5 rings (SSSR count). The molecular weight excluding hydrogens is 594 g/mol. The molecular formula is C29H34F2N8O4S.